The van der Waals surface area contributed by atoms with Crippen molar-refractivity contribution < 1.29 is 29.9 Å². The van der Waals surface area contributed by atoms with Gasteiger partial charge in [-0.05, 0) is 86.3 Å². The maximum absolute atomic E-state index is 8.82. The van der Waals surface area contributed by atoms with E-state index in [0.717, 1.165) is 94.7 Å². The van der Waals surface area contributed by atoms with E-state index in [1.165, 1.54) is 5.56 Å². The van der Waals surface area contributed by atoms with E-state index >= 15 is 0 Å². The van der Waals surface area contributed by atoms with Crippen molar-refractivity contribution in [2.45, 2.75) is 59.2 Å². The van der Waals surface area contributed by atoms with Gasteiger partial charge in [0.25, 0.3) is 0 Å². The van der Waals surface area contributed by atoms with Crippen LogP contribution < -0.4 is 14.5 Å². The summed E-state index contributed by atoms with van der Waals surface area (Å²) < 4.78 is 35.8. The topological polar surface area (TPSA) is 33.5 Å². The summed E-state index contributed by atoms with van der Waals surface area (Å²) in [5.74, 6) is 1.44. The molecular weight excluding hydrogens is 1170 g/mol. The van der Waals surface area contributed by atoms with Gasteiger partial charge in [-0.1, -0.05) is 246 Å². The van der Waals surface area contributed by atoms with E-state index in [4.69, 9.17) is 13.8 Å². The molecule has 0 spiro atoms. The first-order chi connectivity index (χ1) is 40.0. The summed E-state index contributed by atoms with van der Waals surface area (Å²) in [5.41, 5.74) is 17.4. The molecule has 2 aromatic heterocycles. The molecule has 1 aliphatic rings. The summed E-state index contributed by atoms with van der Waals surface area (Å²) in [6.07, 6.45) is 1.69. The van der Waals surface area contributed by atoms with Crippen molar-refractivity contribution in [2.75, 3.05) is 9.80 Å². The molecule has 0 radical (unpaired) electrons. The number of aromatic nitrogens is 2. The third-order valence-electron chi connectivity index (χ3n) is 15.4. The number of rotatable bonds is 10. The van der Waals surface area contributed by atoms with Gasteiger partial charge in [0.2, 0.25) is 0 Å². The van der Waals surface area contributed by atoms with Gasteiger partial charge in [0.15, 0.2) is 0 Å². The van der Waals surface area contributed by atoms with E-state index in [9.17, 15) is 0 Å². The van der Waals surface area contributed by atoms with Crippen molar-refractivity contribution in [3.8, 4) is 73.0 Å². The Morgan fingerprint density at radius 1 is 0.469 bits per heavy atom. The molecule has 3 heterocycles. The number of pyridine rings is 1. The number of hydrogen-bond donors (Lipinski definition) is 0. The van der Waals surface area contributed by atoms with Crippen molar-refractivity contribution in [1.82, 2.24) is 9.55 Å². The number of fused-ring (bicyclic) bond motifs is 4. The van der Waals surface area contributed by atoms with Crippen molar-refractivity contribution in [3.63, 3.8) is 0 Å². The van der Waals surface area contributed by atoms with Crippen LogP contribution in [-0.2, 0) is 31.9 Å². The first-order valence-corrected chi connectivity index (χ1v) is 27.3. The largest absolute Gasteiger partial charge is 0.509 e. The molecule has 0 amide bonds. The normalized spacial score (nSPS) is 13.1. The number of nitrogens with zero attached hydrogens (tertiary/aromatic N) is 4. The fraction of sp³-hybridized carbons (Fsp3) is 0.120. The second-order valence-electron chi connectivity index (χ2n) is 22.7. The summed E-state index contributed by atoms with van der Waals surface area (Å²) in [4.78, 5) is 9.64. The fourth-order valence-corrected chi connectivity index (χ4v) is 11.1. The summed E-state index contributed by atoms with van der Waals surface area (Å²) in [5, 5.41) is 1.87. The second-order valence-corrected chi connectivity index (χ2v) is 22.7. The number of anilines is 4. The third-order valence-corrected chi connectivity index (χ3v) is 15.4. The monoisotopic (exact) mass is 1230 g/mol. The van der Waals surface area contributed by atoms with Gasteiger partial charge in [-0.2, -0.15) is 6.07 Å². The smallest absolute Gasteiger partial charge is 0.135 e. The van der Waals surface area contributed by atoms with Gasteiger partial charge in [-0.15, -0.1) is 47.6 Å². The van der Waals surface area contributed by atoms with Crippen LogP contribution in [0, 0.1) is 25.7 Å². The Morgan fingerprint density at radius 3 is 1.62 bits per heavy atom. The van der Waals surface area contributed by atoms with E-state index < -0.39 is 6.85 Å². The van der Waals surface area contributed by atoms with Gasteiger partial charge in [0.1, 0.15) is 5.82 Å². The standard InChI is InChI=1S/C75H61N4O.Pt/c1-50-41-72(76-48-66(50)54-29-18-11-19-30-54)79-67-40-37-56(51-23-12-8-13-24-51)42-64(67)65-46-63(53-27-16-10-17-28-53)71(47-70(65)79)80-60-44-58(75(5,6)7)43-59(45-60)77-49-78(69-34-21-20-33-68(69)77)73-61(52-25-14-9-15-26-52)31-22-32-62(73)55-35-38-57(39-36-55)74(2,3)4;/h8-44,46,48-49H,1-7H3;/q-3;/i1D3;. The van der Waals surface area contributed by atoms with Crippen LogP contribution in [0.2, 0.25) is 0 Å². The summed E-state index contributed by atoms with van der Waals surface area (Å²) >= 11 is 0. The van der Waals surface area contributed by atoms with Crippen molar-refractivity contribution in [1.29, 1.82) is 0 Å². The molecule has 400 valence electrons. The number of hydrogen-bond acceptors (Lipinski definition) is 4. The van der Waals surface area contributed by atoms with Crippen LogP contribution in [-0.4, -0.2) is 9.55 Å². The summed E-state index contributed by atoms with van der Waals surface area (Å²) in [7, 11) is 0. The molecule has 0 saturated carbocycles. The minimum atomic E-state index is -2.44. The van der Waals surface area contributed by atoms with Crippen LogP contribution in [0.25, 0.3) is 83.3 Å². The minimum absolute atomic E-state index is 0. The van der Waals surface area contributed by atoms with Crippen LogP contribution in [0.4, 0.5) is 22.7 Å². The van der Waals surface area contributed by atoms with Gasteiger partial charge >= 0.3 is 0 Å². The van der Waals surface area contributed by atoms with Crippen LogP contribution in [0.5, 0.6) is 11.5 Å². The Kier molecular flexibility index (Phi) is 13.0. The summed E-state index contributed by atoms with van der Waals surface area (Å²) in [6, 6.07) is 87.2. The van der Waals surface area contributed by atoms with E-state index in [1.807, 2.05) is 71.3 Å². The number of para-hydroxylation sites is 3. The van der Waals surface area contributed by atoms with E-state index in [1.54, 1.807) is 12.3 Å². The van der Waals surface area contributed by atoms with Crippen molar-refractivity contribution >= 4 is 44.6 Å². The maximum atomic E-state index is 8.82. The molecule has 5 nitrogen and oxygen atoms in total. The minimum Gasteiger partial charge on any atom is -0.509 e. The molecule has 13 rings (SSSR count). The fourth-order valence-electron chi connectivity index (χ4n) is 11.1. The van der Waals surface area contributed by atoms with Crippen LogP contribution in [0.1, 0.15) is 62.3 Å². The van der Waals surface area contributed by atoms with Crippen LogP contribution >= 0.6 is 0 Å². The Labute approximate surface area is 495 Å². The van der Waals surface area contributed by atoms with Gasteiger partial charge < -0.3 is 19.1 Å². The molecule has 0 aliphatic carbocycles. The molecule has 6 heteroatoms. The quantitative estimate of drug-likeness (QED) is 0.128. The first-order valence-electron chi connectivity index (χ1n) is 28.8. The predicted molar refractivity (Wildman–Crippen MR) is 334 cm³/mol. The second kappa shape index (κ2) is 21.4. The molecule has 1 aliphatic heterocycles. The Balaban J connectivity index is 0.00000694. The number of benzene rings is 10. The molecule has 81 heavy (non-hydrogen) atoms. The molecule has 12 aromatic rings. The average molecular weight is 1230 g/mol. The predicted octanol–water partition coefficient (Wildman–Crippen LogP) is 20.2. The van der Waals surface area contributed by atoms with Gasteiger partial charge in [-0.25, -0.2) is 4.98 Å². The van der Waals surface area contributed by atoms with Gasteiger partial charge in [0, 0.05) is 82.1 Å². The van der Waals surface area contributed by atoms with E-state index in [0.29, 0.717) is 28.4 Å². The SMILES string of the molecule is [2H]C([2H])([2H])c1cc(-n2c3[c-]c(Oc4[c-]c(N5[CH-]N(c6c(-c7ccccc7)cccc6-c6ccc(C(C)(C)C)cc6)c6ccccc65)cc(C(C)(C)C)c4)c(-c4ccccc4)cc3c3cc(-c4ccccc4)ccc32)ncc1-c1ccccc1.[Pt]. The van der Waals surface area contributed by atoms with Gasteiger partial charge in [-0.3, -0.25) is 0 Å². The zero-order chi connectivity index (χ0) is 57.2. The zero-order valence-corrected chi connectivity index (χ0v) is 48.4. The third kappa shape index (κ3) is 10.1. The molecule has 0 unspecified atom stereocenters. The van der Waals surface area contributed by atoms with Crippen molar-refractivity contribution in [2.24, 2.45) is 0 Å². The maximum Gasteiger partial charge on any atom is 0.135 e. The van der Waals surface area contributed by atoms with Crippen LogP contribution in [0.15, 0.2) is 237 Å². The Hall–Kier alpha value is -8.76. The zero-order valence-electron chi connectivity index (χ0n) is 49.1. The molecule has 0 fully saturated rings. The van der Waals surface area contributed by atoms with Crippen molar-refractivity contribution in [3.05, 3.63) is 272 Å². The Bertz CT molecular complexity index is 4380. The summed E-state index contributed by atoms with van der Waals surface area (Å²) in [6.45, 7) is 13.2. The molecule has 0 bridgehead atoms. The first kappa shape index (κ1) is 49.3. The number of ether oxygens (including phenoxy) is 1. The van der Waals surface area contributed by atoms with Crippen LogP contribution in [0.3, 0.4) is 0 Å². The molecule has 0 atom stereocenters. The van der Waals surface area contributed by atoms with E-state index in [-0.39, 0.29) is 37.5 Å². The van der Waals surface area contributed by atoms with E-state index in [2.05, 4.69) is 228 Å². The molecule has 0 saturated heterocycles. The molecule has 10 aromatic carbocycles. The molecule has 0 N–H and O–H groups in total. The average Bonchev–Trinajstić information content (AvgIpc) is 1.96. The van der Waals surface area contributed by atoms with Gasteiger partial charge in [0.05, 0.1) is 0 Å². The Morgan fingerprint density at radius 2 is 1.01 bits per heavy atom. The molecular formula is C75H61N4OPt-3. The number of aryl methyl sites for hydroxylation is 1.